The van der Waals surface area contributed by atoms with Gasteiger partial charge in [0, 0.05) is 0 Å². The highest BCUT2D eigenvalue weighted by Crippen LogP contribution is 2.38. The van der Waals surface area contributed by atoms with Gasteiger partial charge in [-0.25, -0.2) is 4.79 Å². The van der Waals surface area contributed by atoms with Crippen LogP contribution in [0.5, 0.6) is 0 Å². The number of esters is 1. The van der Waals surface area contributed by atoms with Gasteiger partial charge in [-0.3, -0.25) is 4.79 Å². The van der Waals surface area contributed by atoms with Crippen LogP contribution in [0.2, 0.25) is 9.36 Å². The van der Waals surface area contributed by atoms with Crippen molar-refractivity contribution in [3.8, 4) is 0 Å². The molecule has 0 spiro atoms. The van der Waals surface area contributed by atoms with Crippen LogP contribution in [-0.4, -0.2) is 24.0 Å². The van der Waals surface area contributed by atoms with E-state index in [0.717, 1.165) is 11.3 Å². The highest BCUT2D eigenvalue weighted by Gasteiger charge is 2.52. The van der Waals surface area contributed by atoms with Gasteiger partial charge in [0.15, 0.2) is 0 Å². The Balaban J connectivity index is 2.06. The molecule has 0 unspecified atom stereocenters. The van der Waals surface area contributed by atoms with Crippen LogP contribution in [0, 0.1) is 0 Å². The number of hydrogen-bond donors (Lipinski definition) is 1. The zero-order valence-corrected chi connectivity index (χ0v) is 11.9. The van der Waals surface area contributed by atoms with Crippen LogP contribution in [0.3, 0.4) is 0 Å². The Bertz CT molecular complexity index is 477. The van der Waals surface area contributed by atoms with Crippen LogP contribution in [0.1, 0.15) is 29.4 Å². The zero-order valence-electron chi connectivity index (χ0n) is 9.59. The molecule has 1 heterocycles. The minimum absolute atomic E-state index is 0.299. The van der Waals surface area contributed by atoms with Crippen LogP contribution in [0.4, 0.5) is 0 Å². The van der Waals surface area contributed by atoms with Crippen molar-refractivity contribution >= 4 is 46.4 Å². The van der Waals surface area contributed by atoms with Crippen molar-refractivity contribution in [1.82, 2.24) is 5.32 Å². The van der Waals surface area contributed by atoms with E-state index in [0.29, 0.717) is 33.7 Å². The molecule has 0 radical (unpaired) electrons. The van der Waals surface area contributed by atoms with Crippen LogP contribution in [0.25, 0.3) is 0 Å². The summed E-state index contributed by atoms with van der Waals surface area (Å²) in [6.07, 6.45) is 1.20. The fraction of sp³-hybridized carbons (Fsp3) is 0.455. The van der Waals surface area contributed by atoms with Gasteiger partial charge >= 0.3 is 5.97 Å². The number of ether oxygens (including phenoxy) is 1. The molecule has 0 saturated heterocycles. The Kier molecular flexibility index (Phi) is 3.84. The van der Waals surface area contributed by atoms with E-state index < -0.39 is 5.54 Å². The Hall–Kier alpha value is -0.780. The molecule has 1 aromatic rings. The number of nitrogens with one attached hydrogen (secondary N) is 1. The molecule has 1 aliphatic carbocycles. The van der Waals surface area contributed by atoms with E-state index in [9.17, 15) is 9.59 Å². The first kappa shape index (κ1) is 13.6. The van der Waals surface area contributed by atoms with Crippen molar-refractivity contribution in [2.24, 2.45) is 0 Å². The van der Waals surface area contributed by atoms with Gasteiger partial charge in [0.25, 0.3) is 5.91 Å². The standard InChI is InChI=1S/C11H11Cl2NO3S/c1-2-17-10(16)11(3-4-11)14-9(15)7-5-6(12)8(13)18-7/h5H,2-4H2,1H3,(H,14,15). The first-order valence-electron chi connectivity index (χ1n) is 5.43. The normalized spacial score (nSPS) is 16.2. The predicted molar refractivity (Wildman–Crippen MR) is 70.4 cm³/mol. The second-order valence-electron chi connectivity index (χ2n) is 3.99. The second kappa shape index (κ2) is 5.07. The molecule has 18 heavy (non-hydrogen) atoms. The SMILES string of the molecule is CCOC(=O)C1(NC(=O)c2cc(Cl)c(Cl)s2)CC1. The molecule has 98 valence electrons. The maximum absolute atomic E-state index is 11.9. The molecular formula is C11H11Cl2NO3S. The largest absolute Gasteiger partial charge is 0.464 e. The minimum atomic E-state index is -0.851. The molecular weight excluding hydrogens is 297 g/mol. The number of halogens is 2. The molecule has 0 atom stereocenters. The predicted octanol–water partition coefficient (Wildman–Crippen LogP) is 2.88. The lowest BCUT2D eigenvalue weighted by Gasteiger charge is -2.14. The van der Waals surface area contributed by atoms with Crippen molar-refractivity contribution in [3.63, 3.8) is 0 Å². The Labute approximate surface area is 118 Å². The number of thiophene rings is 1. The van der Waals surface area contributed by atoms with Crippen LogP contribution in [0.15, 0.2) is 6.07 Å². The van der Waals surface area contributed by atoms with E-state index in [4.69, 9.17) is 27.9 Å². The molecule has 4 nitrogen and oxygen atoms in total. The molecule has 7 heteroatoms. The molecule has 1 N–H and O–H groups in total. The topological polar surface area (TPSA) is 55.4 Å². The van der Waals surface area contributed by atoms with E-state index in [1.165, 1.54) is 6.07 Å². The van der Waals surface area contributed by atoms with Gasteiger partial charge in [0.1, 0.15) is 9.88 Å². The quantitative estimate of drug-likeness (QED) is 0.870. The summed E-state index contributed by atoms with van der Waals surface area (Å²) in [7, 11) is 0. The average molecular weight is 308 g/mol. The highest BCUT2D eigenvalue weighted by molar-refractivity contribution is 7.18. The van der Waals surface area contributed by atoms with Gasteiger partial charge in [-0.2, -0.15) is 0 Å². The van der Waals surface area contributed by atoms with E-state index in [1.54, 1.807) is 6.92 Å². The number of rotatable bonds is 4. The number of carbonyl (C=O) groups is 2. The second-order valence-corrected chi connectivity index (χ2v) is 6.05. The van der Waals surface area contributed by atoms with E-state index >= 15 is 0 Å². The first-order valence-corrected chi connectivity index (χ1v) is 7.00. The fourth-order valence-electron chi connectivity index (χ4n) is 1.51. The van der Waals surface area contributed by atoms with Gasteiger partial charge in [-0.05, 0) is 25.8 Å². The van der Waals surface area contributed by atoms with Crippen molar-refractivity contribution in [1.29, 1.82) is 0 Å². The average Bonchev–Trinajstić information content (AvgIpc) is 3.01. The maximum Gasteiger partial charge on any atom is 0.331 e. The molecule has 1 saturated carbocycles. The highest BCUT2D eigenvalue weighted by atomic mass is 35.5. The summed E-state index contributed by atoms with van der Waals surface area (Å²) in [5.41, 5.74) is -0.851. The molecule has 2 rings (SSSR count). The summed E-state index contributed by atoms with van der Waals surface area (Å²) >= 11 is 12.7. The lowest BCUT2D eigenvalue weighted by molar-refractivity contribution is -0.146. The molecule has 0 aromatic carbocycles. The summed E-state index contributed by atoms with van der Waals surface area (Å²) in [5.74, 6) is -0.730. The first-order chi connectivity index (χ1) is 8.48. The summed E-state index contributed by atoms with van der Waals surface area (Å²) in [6, 6.07) is 1.49. The van der Waals surface area contributed by atoms with Gasteiger partial charge in [-0.15, -0.1) is 11.3 Å². The molecule has 0 aliphatic heterocycles. The summed E-state index contributed by atoms with van der Waals surface area (Å²) in [4.78, 5) is 24.0. The summed E-state index contributed by atoms with van der Waals surface area (Å²) < 4.78 is 5.30. The van der Waals surface area contributed by atoms with Gasteiger partial charge < -0.3 is 10.1 Å². The third kappa shape index (κ3) is 2.63. The number of carbonyl (C=O) groups excluding carboxylic acids is 2. The van der Waals surface area contributed by atoms with Crippen LogP contribution in [-0.2, 0) is 9.53 Å². The number of amides is 1. The van der Waals surface area contributed by atoms with Crippen molar-refractivity contribution in [3.05, 3.63) is 20.3 Å². The van der Waals surface area contributed by atoms with Crippen LogP contribution >= 0.6 is 34.5 Å². The molecule has 1 amide bonds. The van der Waals surface area contributed by atoms with Crippen molar-refractivity contribution < 1.29 is 14.3 Å². The summed E-state index contributed by atoms with van der Waals surface area (Å²) in [5, 5.41) is 3.03. The van der Waals surface area contributed by atoms with Gasteiger partial charge in [0.05, 0.1) is 16.5 Å². The maximum atomic E-state index is 11.9. The lowest BCUT2D eigenvalue weighted by Crippen LogP contribution is -2.43. The van der Waals surface area contributed by atoms with E-state index in [2.05, 4.69) is 5.32 Å². The fourth-order valence-corrected chi connectivity index (χ4v) is 2.78. The molecule has 1 fully saturated rings. The zero-order chi connectivity index (χ0) is 13.3. The van der Waals surface area contributed by atoms with Crippen LogP contribution < -0.4 is 5.32 Å². The molecule has 1 aromatic heterocycles. The van der Waals surface area contributed by atoms with Gasteiger partial charge in [0.2, 0.25) is 0 Å². The summed E-state index contributed by atoms with van der Waals surface area (Å²) in [6.45, 7) is 2.03. The monoisotopic (exact) mass is 307 g/mol. The lowest BCUT2D eigenvalue weighted by atomic mass is 10.2. The molecule has 0 bridgehead atoms. The van der Waals surface area contributed by atoms with Crippen molar-refractivity contribution in [2.45, 2.75) is 25.3 Å². The van der Waals surface area contributed by atoms with E-state index in [-0.39, 0.29) is 11.9 Å². The smallest absolute Gasteiger partial charge is 0.331 e. The third-order valence-corrected chi connectivity index (χ3v) is 4.50. The Morgan fingerprint density at radius 2 is 2.17 bits per heavy atom. The Morgan fingerprint density at radius 3 is 2.61 bits per heavy atom. The van der Waals surface area contributed by atoms with Gasteiger partial charge in [-0.1, -0.05) is 23.2 Å². The minimum Gasteiger partial charge on any atom is -0.464 e. The van der Waals surface area contributed by atoms with E-state index in [1.807, 2.05) is 0 Å². The molecule has 1 aliphatic rings. The number of hydrogen-bond acceptors (Lipinski definition) is 4. The third-order valence-electron chi connectivity index (χ3n) is 2.64. The Morgan fingerprint density at radius 1 is 1.50 bits per heavy atom. The van der Waals surface area contributed by atoms with Crippen molar-refractivity contribution in [2.75, 3.05) is 6.61 Å².